The first kappa shape index (κ1) is 18.7. The summed E-state index contributed by atoms with van der Waals surface area (Å²) in [5.74, 6) is 1.66. The quantitative estimate of drug-likeness (QED) is 0.634. The van der Waals surface area contributed by atoms with Crippen LogP contribution in [0, 0.1) is 0 Å². The summed E-state index contributed by atoms with van der Waals surface area (Å²) in [5.41, 5.74) is 3.39. The lowest BCUT2D eigenvalue weighted by atomic mass is 10.1. The summed E-state index contributed by atoms with van der Waals surface area (Å²) >= 11 is 0. The zero-order valence-electron chi connectivity index (χ0n) is 16.5. The van der Waals surface area contributed by atoms with Crippen LogP contribution in [0.4, 0.5) is 0 Å². The van der Waals surface area contributed by atoms with Crippen molar-refractivity contribution >= 4 is 0 Å². The zero-order chi connectivity index (χ0) is 19.3. The molecule has 5 heteroatoms. The molecule has 4 rings (SSSR count). The Morgan fingerprint density at radius 3 is 2.57 bits per heavy atom. The topological polar surface area (TPSA) is 39.5 Å². The predicted molar refractivity (Wildman–Crippen MR) is 110 cm³/mol. The third kappa shape index (κ3) is 4.43. The van der Waals surface area contributed by atoms with E-state index in [2.05, 4.69) is 30.2 Å². The highest BCUT2D eigenvalue weighted by atomic mass is 16.5. The summed E-state index contributed by atoms with van der Waals surface area (Å²) in [6.07, 6.45) is 3.52. The van der Waals surface area contributed by atoms with E-state index in [1.54, 1.807) is 0 Å². The van der Waals surface area contributed by atoms with Crippen LogP contribution >= 0.6 is 0 Å². The molecule has 3 aromatic rings. The molecule has 0 N–H and O–H groups in total. The van der Waals surface area contributed by atoms with Crippen molar-refractivity contribution in [2.75, 3.05) is 19.7 Å². The molecule has 0 aliphatic carbocycles. The highest BCUT2D eigenvalue weighted by Crippen LogP contribution is 2.28. The molecule has 28 heavy (non-hydrogen) atoms. The fourth-order valence-electron chi connectivity index (χ4n) is 3.61. The molecule has 2 heterocycles. The standard InChI is InChI=1S/C23H27N3O2/c1-3-20-17-26(13-14-27-20)16-19-15-25(2)24-23(19)18-9-11-22(12-10-18)28-21-7-5-4-6-8-21/h4-12,15,20H,3,13-14,16-17H2,1-2H3. The van der Waals surface area contributed by atoms with E-state index in [0.29, 0.717) is 6.10 Å². The number of rotatable bonds is 6. The lowest BCUT2D eigenvalue weighted by Crippen LogP contribution is -2.41. The van der Waals surface area contributed by atoms with Gasteiger partial charge in [0.15, 0.2) is 0 Å². The molecule has 146 valence electrons. The minimum absolute atomic E-state index is 0.336. The molecule has 1 fully saturated rings. The number of ether oxygens (including phenoxy) is 2. The molecular formula is C23H27N3O2. The van der Waals surface area contributed by atoms with Crippen LogP contribution in [0.15, 0.2) is 60.8 Å². The van der Waals surface area contributed by atoms with Crippen molar-refractivity contribution in [3.05, 3.63) is 66.4 Å². The van der Waals surface area contributed by atoms with Crippen LogP contribution in [0.25, 0.3) is 11.3 Å². The predicted octanol–water partition coefficient (Wildman–Crippen LogP) is 4.49. The highest BCUT2D eigenvalue weighted by Gasteiger charge is 2.21. The molecular weight excluding hydrogens is 350 g/mol. The number of para-hydroxylation sites is 1. The molecule has 1 atom stereocenters. The first-order valence-electron chi connectivity index (χ1n) is 9.91. The number of morpholine rings is 1. The highest BCUT2D eigenvalue weighted by molar-refractivity contribution is 5.63. The molecule has 1 saturated heterocycles. The van der Waals surface area contributed by atoms with Gasteiger partial charge in [0.25, 0.3) is 0 Å². The van der Waals surface area contributed by atoms with Crippen LogP contribution in [0.5, 0.6) is 11.5 Å². The van der Waals surface area contributed by atoms with Crippen molar-refractivity contribution in [1.82, 2.24) is 14.7 Å². The fourth-order valence-corrected chi connectivity index (χ4v) is 3.61. The van der Waals surface area contributed by atoms with Crippen molar-refractivity contribution in [3.8, 4) is 22.8 Å². The SMILES string of the molecule is CCC1CN(Cc2cn(C)nc2-c2ccc(Oc3ccccc3)cc2)CCO1. The smallest absolute Gasteiger partial charge is 0.127 e. The maximum atomic E-state index is 5.90. The van der Waals surface area contributed by atoms with E-state index in [0.717, 1.165) is 55.4 Å². The third-order valence-corrected chi connectivity index (χ3v) is 5.08. The molecule has 0 saturated carbocycles. The Morgan fingerprint density at radius 1 is 1.07 bits per heavy atom. The van der Waals surface area contributed by atoms with Crippen LogP contribution in [-0.2, 0) is 18.3 Å². The minimum atomic E-state index is 0.336. The number of nitrogens with zero attached hydrogens (tertiary/aromatic N) is 3. The number of hydrogen-bond donors (Lipinski definition) is 0. The number of aromatic nitrogens is 2. The summed E-state index contributed by atoms with van der Waals surface area (Å²) in [4.78, 5) is 2.46. The van der Waals surface area contributed by atoms with Gasteiger partial charge in [-0.3, -0.25) is 9.58 Å². The van der Waals surface area contributed by atoms with Crippen LogP contribution in [0.3, 0.4) is 0 Å². The third-order valence-electron chi connectivity index (χ3n) is 5.08. The van der Waals surface area contributed by atoms with E-state index < -0.39 is 0 Å². The second-order valence-electron chi connectivity index (χ2n) is 7.25. The first-order valence-corrected chi connectivity index (χ1v) is 9.91. The van der Waals surface area contributed by atoms with E-state index >= 15 is 0 Å². The van der Waals surface area contributed by atoms with Gasteiger partial charge in [-0.1, -0.05) is 25.1 Å². The molecule has 0 spiro atoms. The van der Waals surface area contributed by atoms with Gasteiger partial charge in [0.1, 0.15) is 11.5 Å². The Balaban J connectivity index is 1.50. The summed E-state index contributed by atoms with van der Waals surface area (Å²) in [5, 5.41) is 4.72. The Labute approximate surface area is 166 Å². The number of aryl methyl sites for hydroxylation is 1. The maximum absolute atomic E-state index is 5.90. The Bertz CT molecular complexity index is 890. The summed E-state index contributed by atoms with van der Waals surface area (Å²) < 4.78 is 13.6. The van der Waals surface area contributed by atoms with Crippen LogP contribution in [0.1, 0.15) is 18.9 Å². The van der Waals surface area contributed by atoms with Gasteiger partial charge >= 0.3 is 0 Å². The summed E-state index contributed by atoms with van der Waals surface area (Å²) in [6.45, 7) is 5.83. The maximum Gasteiger partial charge on any atom is 0.127 e. The van der Waals surface area contributed by atoms with E-state index in [-0.39, 0.29) is 0 Å². The van der Waals surface area contributed by atoms with Crippen molar-refractivity contribution < 1.29 is 9.47 Å². The molecule has 0 bridgehead atoms. The number of benzene rings is 2. The molecule has 1 aliphatic heterocycles. The van der Waals surface area contributed by atoms with Gasteiger partial charge in [-0.25, -0.2) is 0 Å². The monoisotopic (exact) mass is 377 g/mol. The van der Waals surface area contributed by atoms with Crippen LogP contribution in [0.2, 0.25) is 0 Å². The fraction of sp³-hybridized carbons (Fsp3) is 0.348. The average Bonchev–Trinajstić information content (AvgIpc) is 3.09. The van der Waals surface area contributed by atoms with E-state index in [9.17, 15) is 0 Å². The van der Waals surface area contributed by atoms with Gasteiger partial charge in [-0.2, -0.15) is 5.10 Å². The van der Waals surface area contributed by atoms with Crippen molar-refractivity contribution in [3.63, 3.8) is 0 Å². The van der Waals surface area contributed by atoms with E-state index in [4.69, 9.17) is 14.6 Å². The largest absolute Gasteiger partial charge is 0.457 e. The normalized spacial score (nSPS) is 17.6. The molecule has 1 unspecified atom stereocenters. The molecule has 0 amide bonds. The van der Waals surface area contributed by atoms with Gasteiger partial charge in [0, 0.05) is 44.0 Å². The van der Waals surface area contributed by atoms with E-state index in [1.807, 2.05) is 54.2 Å². The van der Waals surface area contributed by atoms with Crippen molar-refractivity contribution in [2.24, 2.45) is 7.05 Å². The molecule has 5 nitrogen and oxygen atoms in total. The van der Waals surface area contributed by atoms with Crippen molar-refractivity contribution in [2.45, 2.75) is 26.0 Å². The van der Waals surface area contributed by atoms with Gasteiger partial charge in [0.2, 0.25) is 0 Å². The van der Waals surface area contributed by atoms with Gasteiger partial charge in [0.05, 0.1) is 18.4 Å². The second kappa shape index (κ2) is 8.59. The molecule has 1 aromatic heterocycles. The Hall–Kier alpha value is -2.63. The lowest BCUT2D eigenvalue weighted by molar-refractivity contribution is -0.0324. The van der Waals surface area contributed by atoms with Gasteiger partial charge < -0.3 is 9.47 Å². The molecule has 0 radical (unpaired) electrons. The van der Waals surface area contributed by atoms with E-state index in [1.165, 1.54) is 5.56 Å². The first-order chi connectivity index (χ1) is 13.7. The molecule has 2 aromatic carbocycles. The Kier molecular flexibility index (Phi) is 5.74. The van der Waals surface area contributed by atoms with Crippen molar-refractivity contribution in [1.29, 1.82) is 0 Å². The summed E-state index contributed by atoms with van der Waals surface area (Å²) in [6, 6.07) is 18.0. The lowest BCUT2D eigenvalue weighted by Gasteiger charge is -2.32. The zero-order valence-corrected chi connectivity index (χ0v) is 16.5. The van der Waals surface area contributed by atoms with Gasteiger partial charge in [-0.15, -0.1) is 0 Å². The van der Waals surface area contributed by atoms with Crippen LogP contribution < -0.4 is 4.74 Å². The second-order valence-corrected chi connectivity index (χ2v) is 7.25. The molecule has 1 aliphatic rings. The minimum Gasteiger partial charge on any atom is -0.457 e. The Morgan fingerprint density at radius 2 is 1.82 bits per heavy atom. The summed E-state index contributed by atoms with van der Waals surface area (Å²) in [7, 11) is 1.98. The van der Waals surface area contributed by atoms with Crippen LogP contribution in [-0.4, -0.2) is 40.5 Å². The van der Waals surface area contributed by atoms with Gasteiger partial charge in [-0.05, 0) is 42.8 Å². The number of hydrogen-bond acceptors (Lipinski definition) is 4. The average molecular weight is 377 g/mol.